The lowest BCUT2D eigenvalue weighted by Crippen LogP contribution is -2.17. The fourth-order valence-electron chi connectivity index (χ4n) is 1.38. The molecule has 0 spiro atoms. The fourth-order valence-corrected chi connectivity index (χ4v) is 1.58. The largest absolute Gasteiger partial charge is 0.379 e. The van der Waals surface area contributed by atoms with E-state index < -0.39 is 0 Å². The van der Waals surface area contributed by atoms with Gasteiger partial charge in [-0.05, 0) is 38.4 Å². The zero-order valence-corrected chi connectivity index (χ0v) is 10.8. The molecule has 90 valence electrons. The summed E-state index contributed by atoms with van der Waals surface area (Å²) in [5, 5.41) is 4.18. The van der Waals surface area contributed by atoms with E-state index in [2.05, 4.69) is 19.2 Å². The maximum atomic E-state index is 6.04. The molecule has 3 heteroatoms. The van der Waals surface area contributed by atoms with Gasteiger partial charge in [-0.2, -0.15) is 0 Å². The van der Waals surface area contributed by atoms with E-state index in [0.29, 0.717) is 6.10 Å². The lowest BCUT2D eigenvalue weighted by atomic mass is 10.2. The van der Waals surface area contributed by atoms with Crippen molar-refractivity contribution >= 4 is 11.6 Å². The Hall–Kier alpha value is -0.570. The van der Waals surface area contributed by atoms with Crippen LogP contribution in [0, 0.1) is 0 Å². The highest BCUT2D eigenvalue weighted by molar-refractivity contribution is 6.31. The lowest BCUT2D eigenvalue weighted by Gasteiger charge is -2.08. The molecule has 0 amide bonds. The summed E-state index contributed by atoms with van der Waals surface area (Å²) in [5.41, 5.74) is 1.15. The van der Waals surface area contributed by atoms with E-state index in [1.165, 1.54) is 0 Å². The number of nitrogens with one attached hydrogen (secondary N) is 1. The van der Waals surface area contributed by atoms with E-state index in [-0.39, 0.29) is 0 Å². The van der Waals surface area contributed by atoms with Crippen LogP contribution in [-0.2, 0) is 11.3 Å². The molecular weight excluding hydrogens is 222 g/mol. The van der Waals surface area contributed by atoms with E-state index in [1.807, 2.05) is 24.3 Å². The zero-order chi connectivity index (χ0) is 11.8. The van der Waals surface area contributed by atoms with Crippen LogP contribution in [-0.4, -0.2) is 19.3 Å². The first-order valence-electron chi connectivity index (χ1n) is 5.76. The van der Waals surface area contributed by atoms with Crippen LogP contribution in [0.15, 0.2) is 24.3 Å². The molecule has 0 bridgehead atoms. The monoisotopic (exact) mass is 241 g/mol. The first-order valence-corrected chi connectivity index (χ1v) is 6.13. The van der Waals surface area contributed by atoms with Crippen LogP contribution in [0.1, 0.15) is 25.8 Å². The van der Waals surface area contributed by atoms with E-state index in [0.717, 1.165) is 36.7 Å². The van der Waals surface area contributed by atoms with E-state index in [4.69, 9.17) is 16.3 Å². The van der Waals surface area contributed by atoms with Crippen LogP contribution >= 0.6 is 11.6 Å². The van der Waals surface area contributed by atoms with Gasteiger partial charge in [0.1, 0.15) is 0 Å². The van der Waals surface area contributed by atoms with E-state index in [1.54, 1.807) is 0 Å². The van der Waals surface area contributed by atoms with Gasteiger partial charge in [0.15, 0.2) is 0 Å². The van der Waals surface area contributed by atoms with Crippen LogP contribution in [0.5, 0.6) is 0 Å². The van der Waals surface area contributed by atoms with Gasteiger partial charge in [0.05, 0.1) is 6.10 Å². The maximum Gasteiger partial charge on any atom is 0.0518 e. The van der Waals surface area contributed by atoms with Gasteiger partial charge < -0.3 is 10.1 Å². The van der Waals surface area contributed by atoms with E-state index in [9.17, 15) is 0 Å². The second-order valence-corrected chi connectivity index (χ2v) is 4.45. The summed E-state index contributed by atoms with van der Waals surface area (Å²) in [6.07, 6.45) is 1.35. The Labute approximate surface area is 103 Å². The Morgan fingerprint density at radius 2 is 2.06 bits per heavy atom. The topological polar surface area (TPSA) is 21.3 Å². The minimum absolute atomic E-state index is 0.323. The third-order valence-electron chi connectivity index (χ3n) is 2.22. The summed E-state index contributed by atoms with van der Waals surface area (Å²) in [5.74, 6) is 0. The van der Waals surface area contributed by atoms with Crippen molar-refractivity contribution < 1.29 is 4.74 Å². The number of hydrogen-bond donors (Lipinski definition) is 1. The molecule has 0 unspecified atom stereocenters. The molecule has 1 aromatic rings. The van der Waals surface area contributed by atoms with Gasteiger partial charge in [-0.1, -0.05) is 29.8 Å². The average Bonchev–Trinajstić information content (AvgIpc) is 2.25. The SMILES string of the molecule is CC(C)OCCCNCc1ccccc1Cl. The van der Waals surface area contributed by atoms with Crippen LogP contribution in [0.25, 0.3) is 0 Å². The van der Waals surface area contributed by atoms with Gasteiger partial charge in [-0.25, -0.2) is 0 Å². The number of benzene rings is 1. The summed E-state index contributed by atoms with van der Waals surface area (Å²) >= 11 is 6.04. The average molecular weight is 242 g/mol. The van der Waals surface area contributed by atoms with Gasteiger partial charge in [0.2, 0.25) is 0 Å². The molecule has 1 N–H and O–H groups in total. The highest BCUT2D eigenvalue weighted by Crippen LogP contribution is 2.14. The molecular formula is C13H20ClNO. The van der Waals surface area contributed by atoms with Gasteiger partial charge in [-0.3, -0.25) is 0 Å². The first kappa shape index (κ1) is 13.5. The van der Waals surface area contributed by atoms with Crippen molar-refractivity contribution in [3.8, 4) is 0 Å². The molecule has 1 rings (SSSR count). The van der Waals surface area contributed by atoms with Crippen molar-refractivity contribution in [2.24, 2.45) is 0 Å². The smallest absolute Gasteiger partial charge is 0.0518 e. The molecule has 0 aliphatic heterocycles. The molecule has 0 heterocycles. The van der Waals surface area contributed by atoms with Crippen molar-refractivity contribution in [3.05, 3.63) is 34.9 Å². The number of hydrogen-bond acceptors (Lipinski definition) is 2. The third-order valence-corrected chi connectivity index (χ3v) is 2.59. The number of rotatable bonds is 7. The Morgan fingerprint density at radius 1 is 1.31 bits per heavy atom. The summed E-state index contributed by atoms with van der Waals surface area (Å²) in [4.78, 5) is 0. The second kappa shape index (κ2) is 7.66. The summed E-state index contributed by atoms with van der Waals surface area (Å²) in [7, 11) is 0. The minimum atomic E-state index is 0.323. The first-order chi connectivity index (χ1) is 7.70. The van der Waals surface area contributed by atoms with Crippen molar-refractivity contribution in [1.29, 1.82) is 0 Å². The van der Waals surface area contributed by atoms with Gasteiger partial charge in [-0.15, -0.1) is 0 Å². The quantitative estimate of drug-likeness (QED) is 0.740. The van der Waals surface area contributed by atoms with Crippen molar-refractivity contribution in [1.82, 2.24) is 5.32 Å². The highest BCUT2D eigenvalue weighted by atomic mass is 35.5. The summed E-state index contributed by atoms with van der Waals surface area (Å²) in [6.45, 7) is 6.70. The molecule has 0 aliphatic rings. The lowest BCUT2D eigenvalue weighted by molar-refractivity contribution is 0.0770. The van der Waals surface area contributed by atoms with Crippen molar-refractivity contribution in [2.45, 2.75) is 32.9 Å². The van der Waals surface area contributed by atoms with Crippen LogP contribution in [0.2, 0.25) is 5.02 Å². The minimum Gasteiger partial charge on any atom is -0.379 e. The molecule has 0 saturated heterocycles. The fraction of sp³-hybridized carbons (Fsp3) is 0.538. The summed E-state index contributed by atoms with van der Waals surface area (Å²) in [6, 6.07) is 7.91. The van der Waals surface area contributed by atoms with Crippen LogP contribution in [0.4, 0.5) is 0 Å². The molecule has 2 nitrogen and oxygen atoms in total. The third kappa shape index (κ3) is 5.50. The molecule has 1 aromatic carbocycles. The van der Waals surface area contributed by atoms with Gasteiger partial charge in [0, 0.05) is 18.2 Å². The van der Waals surface area contributed by atoms with Crippen molar-refractivity contribution in [3.63, 3.8) is 0 Å². The Kier molecular flexibility index (Phi) is 6.46. The molecule has 0 atom stereocenters. The molecule has 16 heavy (non-hydrogen) atoms. The second-order valence-electron chi connectivity index (χ2n) is 4.04. The highest BCUT2D eigenvalue weighted by Gasteiger charge is 1.98. The molecule has 0 aliphatic carbocycles. The standard InChI is InChI=1S/C13H20ClNO/c1-11(2)16-9-5-8-15-10-12-6-3-4-7-13(12)14/h3-4,6-7,11,15H,5,8-10H2,1-2H3. The van der Waals surface area contributed by atoms with Crippen LogP contribution < -0.4 is 5.32 Å². The summed E-state index contributed by atoms with van der Waals surface area (Å²) < 4.78 is 5.45. The number of ether oxygens (including phenoxy) is 1. The normalized spacial score (nSPS) is 11.0. The van der Waals surface area contributed by atoms with Crippen LogP contribution in [0.3, 0.4) is 0 Å². The Morgan fingerprint density at radius 3 is 2.75 bits per heavy atom. The molecule has 0 radical (unpaired) electrons. The molecule has 0 fully saturated rings. The predicted octanol–water partition coefficient (Wildman–Crippen LogP) is 3.24. The van der Waals surface area contributed by atoms with Gasteiger partial charge >= 0.3 is 0 Å². The van der Waals surface area contributed by atoms with E-state index >= 15 is 0 Å². The Bertz CT molecular complexity index is 302. The Balaban J connectivity index is 2.10. The predicted molar refractivity (Wildman–Crippen MR) is 68.9 cm³/mol. The number of halogens is 1. The maximum absolute atomic E-state index is 6.04. The molecule has 0 saturated carbocycles. The zero-order valence-electron chi connectivity index (χ0n) is 10.0. The van der Waals surface area contributed by atoms with Crippen molar-refractivity contribution in [2.75, 3.05) is 13.2 Å². The van der Waals surface area contributed by atoms with Gasteiger partial charge in [0.25, 0.3) is 0 Å². The molecule has 0 aromatic heterocycles.